The summed E-state index contributed by atoms with van der Waals surface area (Å²) in [4.78, 5) is 16.9. The first kappa shape index (κ1) is 20.0. The fraction of sp³-hybridized carbons (Fsp3) is 0.381. The van der Waals surface area contributed by atoms with Gasteiger partial charge in [-0.2, -0.15) is 4.31 Å². The summed E-state index contributed by atoms with van der Waals surface area (Å²) in [6, 6.07) is 12.7. The van der Waals surface area contributed by atoms with E-state index in [9.17, 15) is 17.6 Å². The first-order valence-electron chi connectivity index (χ1n) is 9.77. The largest absolute Gasteiger partial charge is 0.310 e. The average Bonchev–Trinajstić information content (AvgIpc) is 3.17. The van der Waals surface area contributed by atoms with Gasteiger partial charge in [0, 0.05) is 38.4 Å². The lowest BCUT2D eigenvalue weighted by Gasteiger charge is -2.38. The maximum atomic E-state index is 13.4. The van der Waals surface area contributed by atoms with Crippen molar-refractivity contribution in [3.8, 4) is 0 Å². The Bertz CT molecular complexity index is 1020. The van der Waals surface area contributed by atoms with E-state index in [0.717, 1.165) is 18.2 Å². The number of amides is 1. The molecule has 1 saturated heterocycles. The van der Waals surface area contributed by atoms with Crippen LogP contribution < -0.4 is 4.90 Å². The molecule has 1 fully saturated rings. The Morgan fingerprint density at radius 2 is 1.72 bits per heavy atom. The number of halogens is 1. The molecule has 0 N–H and O–H groups in total. The lowest BCUT2D eigenvalue weighted by atomic mass is 10.1. The van der Waals surface area contributed by atoms with Crippen LogP contribution in [0.25, 0.3) is 0 Å². The number of hydrogen-bond acceptors (Lipinski definition) is 4. The minimum absolute atomic E-state index is 0.0382. The number of carbonyl (C=O) groups excluding carboxylic acids is 1. The van der Waals surface area contributed by atoms with E-state index in [0.29, 0.717) is 19.6 Å². The molecule has 0 aliphatic carbocycles. The third kappa shape index (κ3) is 3.80. The molecule has 1 atom stereocenters. The fourth-order valence-corrected chi connectivity index (χ4v) is 5.51. The van der Waals surface area contributed by atoms with Crippen LogP contribution in [-0.4, -0.2) is 62.3 Å². The second kappa shape index (κ2) is 7.85. The van der Waals surface area contributed by atoms with Crippen molar-refractivity contribution >= 4 is 21.6 Å². The zero-order valence-electron chi connectivity index (χ0n) is 16.3. The van der Waals surface area contributed by atoms with Crippen molar-refractivity contribution in [1.82, 2.24) is 9.21 Å². The first-order chi connectivity index (χ1) is 13.9. The number of anilines is 1. The number of carbonyl (C=O) groups is 1. The first-order valence-corrected chi connectivity index (χ1v) is 11.2. The highest BCUT2D eigenvalue weighted by atomic mass is 32.2. The summed E-state index contributed by atoms with van der Waals surface area (Å²) < 4.78 is 40.3. The summed E-state index contributed by atoms with van der Waals surface area (Å²) in [6.07, 6.45) is 0.855. The van der Waals surface area contributed by atoms with Gasteiger partial charge in [0.25, 0.3) is 0 Å². The molecule has 0 aromatic heterocycles. The molecule has 1 unspecified atom stereocenters. The van der Waals surface area contributed by atoms with E-state index >= 15 is 0 Å². The number of sulfonamides is 1. The van der Waals surface area contributed by atoms with Crippen LogP contribution >= 0.6 is 0 Å². The minimum Gasteiger partial charge on any atom is -0.310 e. The smallest absolute Gasteiger partial charge is 0.244 e. The summed E-state index contributed by atoms with van der Waals surface area (Å²) in [7, 11) is -3.74. The number of nitrogens with zero attached hydrogens (tertiary/aromatic N) is 3. The summed E-state index contributed by atoms with van der Waals surface area (Å²) in [6.45, 7) is 4.00. The zero-order chi connectivity index (χ0) is 20.6. The number of fused-ring (bicyclic) bond motifs is 1. The zero-order valence-corrected chi connectivity index (χ0v) is 17.1. The third-order valence-corrected chi connectivity index (χ3v) is 7.66. The molecule has 2 aliphatic rings. The van der Waals surface area contributed by atoms with Crippen molar-refractivity contribution in [1.29, 1.82) is 0 Å². The van der Waals surface area contributed by atoms with Crippen LogP contribution in [0, 0.1) is 5.82 Å². The third-order valence-electron chi connectivity index (χ3n) is 5.77. The van der Waals surface area contributed by atoms with Crippen molar-refractivity contribution in [3.05, 3.63) is 59.9 Å². The van der Waals surface area contributed by atoms with Crippen LogP contribution in [0.4, 0.5) is 10.1 Å². The van der Waals surface area contributed by atoms with Gasteiger partial charge in [0.15, 0.2) is 0 Å². The van der Waals surface area contributed by atoms with Gasteiger partial charge >= 0.3 is 0 Å². The van der Waals surface area contributed by atoms with Crippen molar-refractivity contribution in [2.75, 3.05) is 37.6 Å². The Labute approximate surface area is 170 Å². The topological polar surface area (TPSA) is 60.9 Å². The van der Waals surface area contributed by atoms with E-state index in [4.69, 9.17) is 0 Å². The number of hydrogen-bond donors (Lipinski definition) is 0. The lowest BCUT2D eigenvalue weighted by molar-refractivity contribution is -0.123. The van der Waals surface area contributed by atoms with Gasteiger partial charge < -0.3 is 4.90 Å². The quantitative estimate of drug-likeness (QED) is 0.765. The van der Waals surface area contributed by atoms with Gasteiger partial charge in [-0.3, -0.25) is 9.69 Å². The SMILES string of the molecule is CC(C(=O)N1CCc2ccccc21)N1CCN(S(=O)(=O)c2cccc(F)c2)CC1. The van der Waals surface area contributed by atoms with Crippen LogP contribution in [0.3, 0.4) is 0 Å². The highest BCUT2D eigenvalue weighted by Crippen LogP contribution is 2.29. The second-order valence-electron chi connectivity index (χ2n) is 7.44. The molecule has 2 aromatic carbocycles. The molecule has 0 spiro atoms. The van der Waals surface area contributed by atoms with Gasteiger partial charge in [0.2, 0.25) is 15.9 Å². The van der Waals surface area contributed by atoms with Crippen LogP contribution in [0.15, 0.2) is 53.4 Å². The van der Waals surface area contributed by atoms with E-state index in [1.807, 2.05) is 41.0 Å². The van der Waals surface area contributed by atoms with Crippen LogP contribution in [0.2, 0.25) is 0 Å². The summed E-state index contributed by atoms with van der Waals surface area (Å²) in [5.41, 5.74) is 2.15. The molecular weight excluding hydrogens is 393 g/mol. The maximum Gasteiger partial charge on any atom is 0.244 e. The standard InChI is InChI=1S/C21H24FN3O3S/c1-16(21(26)25-10-9-17-5-2-3-8-20(17)25)23-11-13-24(14-12-23)29(27,28)19-7-4-6-18(22)15-19/h2-8,15-16H,9-14H2,1H3. The maximum absolute atomic E-state index is 13.4. The van der Waals surface area contributed by atoms with E-state index in [1.54, 1.807) is 0 Å². The van der Waals surface area contributed by atoms with Gasteiger partial charge in [-0.15, -0.1) is 0 Å². The van der Waals surface area contributed by atoms with Crippen molar-refractivity contribution in [3.63, 3.8) is 0 Å². The van der Waals surface area contributed by atoms with Crippen molar-refractivity contribution in [2.24, 2.45) is 0 Å². The molecule has 1 amide bonds. The molecule has 4 rings (SSSR count). The van der Waals surface area contributed by atoms with Gasteiger partial charge in [0.05, 0.1) is 10.9 Å². The number of benzene rings is 2. The Balaban J connectivity index is 1.41. The van der Waals surface area contributed by atoms with Gasteiger partial charge in [-0.1, -0.05) is 24.3 Å². The molecule has 8 heteroatoms. The molecule has 0 bridgehead atoms. The molecular formula is C21H24FN3O3S. The van der Waals surface area contributed by atoms with E-state index in [-0.39, 0.29) is 29.9 Å². The Morgan fingerprint density at radius 1 is 1.00 bits per heavy atom. The normalized spacial score (nSPS) is 19.2. The minimum atomic E-state index is -3.74. The number of piperazine rings is 1. The van der Waals surface area contributed by atoms with Gasteiger partial charge in [0.1, 0.15) is 5.82 Å². The van der Waals surface area contributed by atoms with Gasteiger partial charge in [-0.25, -0.2) is 12.8 Å². The number of para-hydroxylation sites is 1. The molecule has 0 saturated carbocycles. The molecule has 0 radical (unpaired) electrons. The monoisotopic (exact) mass is 417 g/mol. The second-order valence-corrected chi connectivity index (χ2v) is 9.38. The summed E-state index contributed by atoms with van der Waals surface area (Å²) >= 11 is 0. The molecule has 154 valence electrons. The fourth-order valence-electron chi connectivity index (χ4n) is 4.06. The Morgan fingerprint density at radius 3 is 2.45 bits per heavy atom. The van der Waals surface area contributed by atoms with Crippen LogP contribution in [-0.2, 0) is 21.2 Å². The summed E-state index contributed by atoms with van der Waals surface area (Å²) in [5, 5.41) is 0. The van der Waals surface area contributed by atoms with E-state index < -0.39 is 15.8 Å². The number of rotatable bonds is 4. The van der Waals surface area contributed by atoms with Crippen molar-refractivity contribution < 1.29 is 17.6 Å². The van der Waals surface area contributed by atoms with Crippen molar-refractivity contribution in [2.45, 2.75) is 24.3 Å². The van der Waals surface area contributed by atoms with E-state index in [1.165, 1.54) is 28.1 Å². The van der Waals surface area contributed by atoms with Gasteiger partial charge in [-0.05, 0) is 43.2 Å². The predicted molar refractivity (Wildman–Crippen MR) is 109 cm³/mol. The highest BCUT2D eigenvalue weighted by molar-refractivity contribution is 7.89. The predicted octanol–water partition coefficient (Wildman–Crippen LogP) is 2.11. The molecule has 2 heterocycles. The van der Waals surface area contributed by atoms with Crippen LogP contribution in [0.1, 0.15) is 12.5 Å². The van der Waals surface area contributed by atoms with E-state index in [2.05, 4.69) is 0 Å². The summed E-state index contributed by atoms with van der Waals surface area (Å²) in [5.74, 6) is -0.536. The Kier molecular flexibility index (Phi) is 5.42. The highest BCUT2D eigenvalue weighted by Gasteiger charge is 2.35. The molecule has 2 aromatic rings. The molecule has 2 aliphatic heterocycles. The Hall–Kier alpha value is -2.29. The molecule has 6 nitrogen and oxygen atoms in total. The average molecular weight is 418 g/mol. The lowest BCUT2D eigenvalue weighted by Crippen LogP contribution is -2.55. The molecule has 29 heavy (non-hydrogen) atoms. The van der Waals surface area contributed by atoms with Crippen LogP contribution in [0.5, 0.6) is 0 Å².